The molecule has 1 aromatic carbocycles. The van der Waals surface area contributed by atoms with E-state index in [-0.39, 0.29) is 6.61 Å². The van der Waals surface area contributed by atoms with Gasteiger partial charge in [-0.05, 0) is 34.9 Å². The number of pyridine rings is 1. The molecule has 0 N–H and O–H groups in total. The average molecular weight is 363 g/mol. The molecule has 0 spiro atoms. The van der Waals surface area contributed by atoms with Crippen LogP contribution in [0, 0.1) is 6.20 Å². The molecular formula is C20H23N6O. The van der Waals surface area contributed by atoms with Gasteiger partial charge in [-0.25, -0.2) is 9.67 Å². The first-order chi connectivity index (χ1) is 13.3. The van der Waals surface area contributed by atoms with Crippen LogP contribution in [0.4, 0.5) is 0 Å². The van der Waals surface area contributed by atoms with Gasteiger partial charge in [0.15, 0.2) is 12.3 Å². The van der Waals surface area contributed by atoms with Gasteiger partial charge >= 0.3 is 0 Å². The summed E-state index contributed by atoms with van der Waals surface area (Å²) in [4.78, 5) is 9.89. The molecule has 0 saturated carbocycles. The largest absolute Gasteiger partial charge is 0.389 e. The molecule has 3 aromatic rings. The Morgan fingerprint density at radius 1 is 1.15 bits per heavy atom. The number of oxime groups is 1. The van der Waals surface area contributed by atoms with Gasteiger partial charge in [-0.3, -0.25) is 0 Å². The number of rotatable bonds is 9. The van der Waals surface area contributed by atoms with Crippen molar-refractivity contribution in [3.8, 4) is 0 Å². The summed E-state index contributed by atoms with van der Waals surface area (Å²) in [5.74, 6) is 0.534. The third kappa shape index (κ3) is 5.20. The van der Waals surface area contributed by atoms with Crippen LogP contribution in [0.3, 0.4) is 0 Å². The lowest BCUT2D eigenvalue weighted by molar-refractivity contribution is 0.128. The van der Waals surface area contributed by atoms with E-state index in [1.165, 1.54) is 19.3 Å². The molecule has 0 saturated heterocycles. The molecule has 7 nitrogen and oxygen atoms in total. The summed E-state index contributed by atoms with van der Waals surface area (Å²) in [5, 5.41) is 15.9. The Morgan fingerprint density at radius 3 is 2.67 bits per heavy atom. The Balaban J connectivity index is 1.68. The van der Waals surface area contributed by atoms with Crippen molar-refractivity contribution in [3.63, 3.8) is 0 Å². The van der Waals surface area contributed by atoms with Crippen LogP contribution in [0.5, 0.6) is 0 Å². The summed E-state index contributed by atoms with van der Waals surface area (Å²) in [5.41, 5.74) is 3.36. The molecule has 0 atom stereocenters. The molecule has 0 aliphatic heterocycles. The van der Waals surface area contributed by atoms with Gasteiger partial charge in [0.05, 0.1) is 11.9 Å². The van der Waals surface area contributed by atoms with Crippen LogP contribution in [-0.4, -0.2) is 30.9 Å². The molecule has 0 aliphatic rings. The third-order valence-electron chi connectivity index (χ3n) is 4.12. The van der Waals surface area contributed by atoms with Gasteiger partial charge in [-0.2, -0.15) is 0 Å². The van der Waals surface area contributed by atoms with Crippen LogP contribution in [0.2, 0.25) is 0 Å². The van der Waals surface area contributed by atoms with Crippen molar-refractivity contribution in [2.75, 3.05) is 0 Å². The van der Waals surface area contributed by atoms with E-state index in [2.05, 4.69) is 44.9 Å². The zero-order chi connectivity index (χ0) is 18.9. The number of aryl methyl sites for hydroxylation is 2. The summed E-state index contributed by atoms with van der Waals surface area (Å²) in [6.45, 7) is 2.46. The van der Waals surface area contributed by atoms with Crippen LogP contribution >= 0.6 is 0 Å². The van der Waals surface area contributed by atoms with Crippen LogP contribution in [0.1, 0.15) is 48.8 Å². The van der Waals surface area contributed by atoms with Gasteiger partial charge in [0.1, 0.15) is 0 Å². The fourth-order valence-electron chi connectivity index (χ4n) is 2.61. The first-order valence-electron chi connectivity index (χ1n) is 9.12. The molecule has 0 fully saturated rings. The molecule has 2 aromatic heterocycles. The molecule has 27 heavy (non-hydrogen) atoms. The topological polar surface area (TPSA) is 78.1 Å². The van der Waals surface area contributed by atoms with E-state index in [1.807, 2.05) is 36.4 Å². The minimum atomic E-state index is 0.257. The summed E-state index contributed by atoms with van der Waals surface area (Å²) in [7, 11) is 1.77. The number of hydrogen-bond donors (Lipinski definition) is 0. The minimum absolute atomic E-state index is 0.257. The second-order valence-electron chi connectivity index (χ2n) is 6.24. The number of unbranched alkanes of at least 4 members (excludes halogenated alkanes) is 2. The van der Waals surface area contributed by atoms with Crippen LogP contribution in [-0.2, 0) is 24.9 Å². The first-order valence-corrected chi connectivity index (χ1v) is 9.12. The molecule has 139 valence electrons. The summed E-state index contributed by atoms with van der Waals surface area (Å²) >= 11 is 0. The fourth-order valence-corrected chi connectivity index (χ4v) is 2.61. The maximum atomic E-state index is 5.55. The van der Waals surface area contributed by atoms with E-state index in [9.17, 15) is 0 Å². The van der Waals surface area contributed by atoms with Gasteiger partial charge in [0, 0.05) is 12.6 Å². The monoisotopic (exact) mass is 363 g/mol. The molecule has 1 radical (unpaired) electrons. The highest BCUT2D eigenvalue weighted by atomic mass is 16.6. The number of hydrogen-bond acceptors (Lipinski definition) is 6. The minimum Gasteiger partial charge on any atom is -0.389 e. The number of benzene rings is 1. The zero-order valence-corrected chi connectivity index (χ0v) is 15.7. The number of aromatic nitrogens is 5. The number of nitrogens with zero attached hydrogens (tertiary/aromatic N) is 6. The van der Waals surface area contributed by atoms with Crippen molar-refractivity contribution >= 4 is 5.71 Å². The van der Waals surface area contributed by atoms with Crippen molar-refractivity contribution in [3.05, 3.63) is 71.3 Å². The molecule has 0 amide bonds. The van der Waals surface area contributed by atoms with E-state index < -0.39 is 0 Å². The van der Waals surface area contributed by atoms with Crippen molar-refractivity contribution in [2.24, 2.45) is 12.2 Å². The lowest BCUT2D eigenvalue weighted by Crippen LogP contribution is -2.12. The van der Waals surface area contributed by atoms with E-state index >= 15 is 0 Å². The van der Waals surface area contributed by atoms with Gasteiger partial charge in [-0.15, -0.1) is 5.10 Å². The van der Waals surface area contributed by atoms with Gasteiger partial charge in [0.25, 0.3) is 0 Å². The Kier molecular flexibility index (Phi) is 6.62. The van der Waals surface area contributed by atoms with Gasteiger partial charge in [-0.1, -0.05) is 61.3 Å². The van der Waals surface area contributed by atoms with Crippen molar-refractivity contribution in [2.45, 2.75) is 39.2 Å². The second kappa shape index (κ2) is 9.56. The third-order valence-corrected chi connectivity index (χ3v) is 4.12. The maximum Gasteiger partial charge on any atom is 0.204 e. The molecular weight excluding hydrogens is 340 g/mol. The highest BCUT2D eigenvalue weighted by Gasteiger charge is 2.14. The van der Waals surface area contributed by atoms with E-state index in [4.69, 9.17) is 4.84 Å². The first kappa shape index (κ1) is 18.7. The molecule has 0 aliphatic carbocycles. The normalized spacial score (nSPS) is 11.6. The lowest BCUT2D eigenvalue weighted by atomic mass is 10.1. The van der Waals surface area contributed by atoms with Crippen LogP contribution < -0.4 is 0 Å². The SMILES string of the molecule is CCCCCc1[c]nc(CON=C(c2ccccc2)c2nnnn2C)cc1. The summed E-state index contributed by atoms with van der Waals surface area (Å²) in [6.07, 6.45) is 7.71. The predicted octanol–water partition coefficient (Wildman–Crippen LogP) is 3.11. The fraction of sp³-hybridized carbons (Fsp3) is 0.350. The molecule has 0 bridgehead atoms. The smallest absolute Gasteiger partial charge is 0.204 e. The van der Waals surface area contributed by atoms with Gasteiger partial charge < -0.3 is 4.84 Å². The van der Waals surface area contributed by atoms with Crippen molar-refractivity contribution < 1.29 is 4.84 Å². The highest BCUT2D eigenvalue weighted by molar-refractivity contribution is 6.10. The Bertz CT molecular complexity index is 858. The zero-order valence-electron chi connectivity index (χ0n) is 15.7. The number of tetrazole rings is 1. The lowest BCUT2D eigenvalue weighted by Gasteiger charge is -2.06. The van der Waals surface area contributed by atoms with E-state index in [1.54, 1.807) is 11.7 Å². The van der Waals surface area contributed by atoms with Crippen LogP contribution in [0.25, 0.3) is 0 Å². The Hall–Kier alpha value is -3.09. The summed E-state index contributed by atoms with van der Waals surface area (Å²) < 4.78 is 1.56. The molecule has 0 unspecified atom stereocenters. The maximum absolute atomic E-state index is 5.55. The van der Waals surface area contributed by atoms with E-state index in [0.29, 0.717) is 11.5 Å². The van der Waals surface area contributed by atoms with E-state index in [0.717, 1.165) is 23.2 Å². The summed E-state index contributed by atoms with van der Waals surface area (Å²) in [6, 6.07) is 13.7. The second-order valence-corrected chi connectivity index (χ2v) is 6.24. The van der Waals surface area contributed by atoms with Gasteiger partial charge in [0.2, 0.25) is 5.82 Å². The average Bonchev–Trinajstić information content (AvgIpc) is 3.13. The Labute approximate surface area is 159 Å². The molecule has 7 heteroatoms. The highest BCUT2D eigenvalue weighted by Crippen LogP contribution is 2.10. The molecule has 2 heterocycles. The Morgan fingerprint density at radius 2 is 2.00 bits per heavy atom. The quantitative estimate of drug-likeness (QED) is 0.332. The van der Waals surface area contributed by atoms with Crippen molar-refractivity contribution in [1.29, 1.82) is 0 Å². The van der Waals surface area contributed by atoms with Crippen LogP contribution in [0.15, 0.2) is 47.6 Å². The predicted molar refractivity (Wildman–Crippen MR) is 102 cm³/mol. The van der Waals surface area contributed by atoms with Crippen molar-refractivity contribution in [1.82, 2.24) is 25.2 Å². The molecule has 3 rings (SSSR count). The standard InChI is InChI=1S/C20H23N6O/c1-3-4-6-9-16-12-13-18(21-14-16)15-27-23-19(17-10-7-5-8-11-17)20-22-24-25-26(20)2/h5,7-8,10-13H,3-4,6,9,15H2,1-2H3.